The third-order valence-corrected chi connectivity index (χ3v) is 4.71. The third kappa shape index (κ3) is 3.06. The van der Waals surface area contributed by atoms with E-state index in [9.17, 15) is 22.8 Å². The zero-order valence-corrected chi connectivity index (χ0v) is 15.3. The Labute approximate surface area is 171 Å². The summed E-state index contributed by atoms with van der Waals surface area (Å²) in [4.78, 5) is 35.1. The molecular formula is C20H10F3N5O3. The van der Waals surface area contributed by atoms with Crippen LogP contribution in [0.15, 0.2) is 55.0 Å². The number of alkyl halides is 3. The molecule has 154 valence electrons. The summed E-state index contributed by atoms with van der Waals surface area (Å²) >= 11 is 0. The standard InChI is InChI=1S/C20H10F3N5O3/c21-20(22,23)31-12-3-1-2-11(8-12)28-18(29)13-9-25-17-15(14(13)19(28)30)16(26-27-17)10-4-6-24-7-5-10/h1-9H,(H,25,26,27). The van der Waals surface area contributed by atoms with Gasteiger partial charge in [0.2, 0.25) is 0 Å². The lowest BCUT2D eigenvalue weighted by atomic mass is 10.0. The number of ether oxygens (including phenoxy) is 1. The molecule has 4 aromatic rings. The Balaban J connectivity index is 1.64. The van der Waals surface area contributed by atoms with Gasteiger partial charge in [0.1, 0.15) is 5.75 Å². The Morgan fingerprint density at radius 3 is 2.55 bits per heavy atom. The van der Waals surface area contributed by atoms with Gasteiger partial charge in [0.25, 0.3) is 11.8 Å². The number of amides is 2. The monoisotopic (exact) mass is 425 g/mol. The van der Waals surface area contributed by atoms with E-state index in [2.05, 4.69) is 24.9 Å². The smallest absolute Gasteiger partial charge is 0.406 e. The Morgan fingerprint density at radius 2 is 1.81 bits per heavy atom. The van der Waals surface area contributed by atoms with Crippen LogP contribution in [0.2, 0.25) is 0 Å². The number of aromatic amines is 1. The molecule has 0 aliphatic carbocycles. The maximum Gasteiger partial charge on any atom is 0.573 e. The number of fused-ring (bicyclic) bond motifs is 3. The molecule has 0 unspecified atom stereocenters. The van der Waals surface area contributed by atoms with Gasteiger partial charge in [-0.05, 0) is 24.3 Å². The Morgan fingerprint density at radius 1 is 1.03 bits per heavy atom. The second-order valence-corrected chi connectivity index (χ2v) is 6.57. The number of H-pyrrole nitrogens is 1. The zero-order chi connectivity index (χ0) is 21.8. The number of benzene rings is 1. The predicted octanol–water partition coefficient (Wildman–Crippen LogP) is 3.72. The molecule has 1 aromatic carbocycles. The number of pyridine rings is 2. The van der Waals surface area contributed by atoms with Crippen molar-refractivity contribution in [3.63, 3.8) is 0 Å². The highest BCUT2D eigenvalue weighted by atomic mass is 19.4. The number of hydrogen-bond acceptors (Lipinski definition) is 6. The van der Waals surface area contributed by atoms with Crippen molar-refractivity contribution >= 4 is 28.5 Å². The fourth-order valence-corrected chi connectivity index (χ4v) is 3.48. The van der Waals surface area contributed by atoms with Gasteiger partial charge in [0.15, 0.2) is 5.65 Å². The molecule has 2 amide bonds. The van der Waals surface area contributed by atoms with Crippen LogP contribution in [0.5, 0.6) is 5.75 Å². The van der Waals surface area contributed by atoms with Gasteiger partial charge in [-0.15, -0.1) is 13.2 Å². The highest BCUT2D eigenvalue weighted by Crippen LogP contribution is 2.37. The summed E-state index contributed by atoms with van der Waals surface area (Å²) in [6.07, 6.45) is -0.563. The number of nitrogens with zero attached hydrogens (tertiary/aromatic N) is 4. The number of carbonyl (C=O) groups excluding carboxylic acids is 2. The first-order chi connectivity index (χ1) is 14.8. The van der Waals surface area contributed by atoms with Crippen molar-refractivity contribution in [3.05, 3.63) is 66.1 Å². The maximum absolute atomic E-state index is 13.3. The van der Waals surface area contributed by atoms with Gasteiger partial charge in [-0.25, -0.2) is 9.88 Å². The quantitative estimate of drug-likeness (QED) is 0.502. The van der Waals surface area contributed by atoms with E-state index >= 15 is 0 Å². The van der Waals surface area contributed by atoms with E-state index in [0.717, 1.165) is 17.0 Å². The second kappa shape index (κ2) is 6.62. The second-order valence-electron chi connectivity index (χ2n) is 6.57. The van der Waals surface area contributed by atoms with E-state index in [1.165, 1.54) is 18.3 Å². The third-order valence-electron chi connectivity index (χ3n) is 4.71. The van der Waals surface area contributed by atoms with Gasteiger partial charge in [-0.1, -0.05) is 6.07 Å². The molecule has 0 fully saturated rings. The van der Waals surface area contributed by atoms with E-state index in [1.54, 1.807) is 24.5 Å². The molecule has 0 spiro atoms. The summed E-state index contributed by atoms with van der Waals surface area (Å²) in [5, 5.41) is 7.26. The first kappa shape index (κ1) is 18.7. The van der Waals surface area contributed by atoms with Crippen molar-refractivity contribution in [3.8, 4) is 17.0 Å². The average Bonchev–Trinajstić information content (AvgIpc) is 3.26. The summed E-state index contributed by atoms with van der Waals surface area (Å²) in [5.74, 6) is -1.96. The van der Waals surface area contributed by atoms with Crippen LogP contribution in [0.1, 0.15) is 20.7 Å². The molecule has 31 heavy (non-hydrogen) atoms. The highest BCUT2D eigenvalue weighted by Gasteiger charge is 2.40. The predicted molar refractivity (Wildman–Crippen MR) is 101 cm³/mol. The lowest BCUT2D eigenvalue weighted by molar-refractivity contribution is -0.274. The molecule has 4 heterocycles. The van der Waals surface area contributed by atoms with E-state index in [0.29, 0.717) is 16.6 Å². The number of carbonyl (C=O) groups is 2. The van der Waals surface area contributed by atoms with Gasteiger partial charge < -0.3 is 4.74 Å². The SMILES string of the molecule is O=C1c2cnc3n[nH]c(-c4ccncc4)c3c2C(=O)N1c1cccc(OC(F)(F)F)c1. The fourth-order valence-electron chi connectivity index (χ4n) is 3.48. The minimum absolute atomic E-state index is 0.0244. The molecule has 0 saturated heterocycles. The van der Waals surface area contributed by atoms with Gasteiger partial charge in [-0.2, -0.15) is 5.10 Å². The normalized spacial score (nSPS) is 13.7. The largest absolute Gasteiger partial charge is 0.573 e. The Kier molecular flexibility index (Phi) is 4.00. The summed E-state index contributed by atoms with van der Waals surface area (Å²) in [7, 11) is 0. The molecule has 0 bridgehead atoms. The van der Waals surface area contributed by atoms with Crippen LogP contribution < -0.4 is 9.64 Å². The number of aromatic nitrogens is 4. The molecule has 0 atom stereocenters. The number of hydrogen-bond donors (Lipinski definition) is 1. The lowest BCUT2D eigenvalue weighted by Crippen LogP contribution is -2.29. The van der Waals surface area contributed by atoms with Gasteiger partial charge in [-0.3, -0.25) is 19.7 Å². The summed E-state index contributed by atoms with van der Waals surface area (Å²) in [6, 6.07) is 8.04. The van der Waals surface area contributed by atoms with Gasteiger partial charge >= 0.3 is 6.36 Å². The fraction of sp³-hybridized carbons (Fsp3) is 0.0500. The lowest BCUT2D eigenvalue weighted by Gasteiger charge is -2.16. The highest BCUT2D eigenvalue weighted by molar-refractivity contribution is 6.38. The first-order valence-corrected chi connectivity index (χ1v) is 8.85. The van der Waals surface area contributed by atoms with Crippen molar-refractivity contribution in [2.75, 3.05) is 4.90 Å². The van der Waals surface area contributed by atoms with Crippen molar-refractivity contribution in [1.82, 2.24) is 20.2 Å². The molecule has 8 nitrogen and oxygen atoms in total. The topological polar surface area (TPSA) is 101 Å². The zero-order valence-electron chi connectivity index (χ0n) is 15.3. The summed E-state index contributed by atoms with van der Waals surface area (Å²) in [5.41, 5.74) is 1.40. The minimum Gasteiger partial charge on any atom is -0.406 e. The van der Waals surface area contributed by atoms with Crippen molar-refractivity contribution in [2.45, 2.75) is 6.36 Å². The molecule has 5 rings (SSSR count). The average molecular weight is 425 g/mol. The van der Waals surface area contributed by atoms with Gasteiger partial charge in [0, 0.05) is 30.2 Å². The van der Waals surface area contributed by atoms with Crippen molar-refractivity contribution in [1.29, 1.82) is 0 Å². The number of anilines is 1. The van der Waals surface area contributed by atoms with Crippen LogP contribution in [0.25, 0.3) is 22.3 Å². The molecule has 11 heteroatoms. The molecule has 0 saturated carbocycles. The summed E-state index contributed by atoms with van der Waals surface area (Å²) in [6.45, 7) is 0. The molecule has 3 aromatic heterocycles. The van der Waals surface area contributed by atoms with Gasteiger partial charge in [0.05, 0.1) is 27.9 Å². The molecule has 1 aliphatic rings. The van der Waals surface area contributed by atoms with E-state index in [-0.39, 0.29) is 22.5 Å². The molecular weight excluding hydrogens is 415 g/mol. The van der Waals surface area contributed by atoms with Crippen LogP contribution in [0, 0.1) is 0 Å². The van der Waals surface area contributed by atoms with Crippen LogP contribution in [0.4, 0.5) is 18.9 Å². The number of rotatable bonds is 3. The molecule has 0 radical (unpaired) electrons. The van der Waals surface area contributed by atoms with E-state index < -0.39 is 23.9 Å². The van der Waals surface area contributed by atoms with Crippen molar-refractivity contribution < 1.29 is 27.5 Å². The molecule has 1 aliphatic heterocycles. The van der Waals surface area contributed by atoms with Crippen LogP contribution in [-0.4, -0.2) is 38.3 Å². The Bertz CT molecular complexity index is 1350. The number of halogens is 3. The Hall–Kier alpha value is -4.28. The summed E-state index contributed by atoms with van der Waals surface area (Å²) < 4.78 is 41.6. The van der Waals surface area contributed by atoms with Crippen LogP contribution in [-0.2, 0) is 0 Å². The van der Waals surface area contributed by atoms with E-state index in [1.807, 2.05) is 0 Å². The van der Waals surface area contributed by atoms with Crippen LogP contribution >= 0.6 is 0 Å². The van der Waals surface area contributed by atoms with E-state index in [4.69, 9.17) is 0 Å². The first-order valence-electron chi connectivity index (χ1n) is 8.85. The molecule has 1 N–H and O–H groups in total. The minimum atomic E-state index is -4.91. The van der Waals surface area contributed by atoms with Crippen molar-refractivity contribution in [2.24, 2.45) is 0 Å². The number of nitrogens with one attached hydrogen (secondary N) is 1. The maximum atomic E-state index is 13.3. The van der Waals surface area contributed by atoms with Crippen LogP contribution in [0.3, 0.4) is 0 Å². The number of imide groups is 1.